The number of carboxylic acid groups (broad SMARTS) is 1. The quantitative estimate of drug-likeness (QED) is 0.645. The van der Waals surface area contributed by atoms with Gasteiger partial charge < -0.3 is 15.7 Å². The fourth-order valence-corrected chi connectivity index (χ4v) is 0.969. The van der Waals surface area contributed by atoms with Crippen molar-refractivity contribution in [3.8, 4) is 0 Å². The summed E-state index contributed by atoms with van der Waals surface area (Å²) in [5, 5.41) is 14.4. The molecule has 0 aliphatic heterocycles. The molecule has 1 heterocycles. The number of carboxylic acids is 1. The maximum absolute atomic E-state index is 10.7. The Morgan fingerprint density at radius 2 is 2.15 bits per heavy atom. The number of hydrogen-bond acceptors (Lipinski definition) is 4. The number of pyridine rings is 1. The van der Waals surface area contributed by atoms with Crippen LogP contribution in [0.5, 0.6) is 0 Å². The summed E-state index contributed by atoms with van der Waals surface area (Å²) in [6, 6.07) is 1.64. The highest BCUT2D eigenvalue weighted by Crippen LogP contribution is 2.17. The molecule has 1 aromatic rings. The Balaban J connectivity index is 3.15. The lowest BCUT2D eigenvalue weighted by Crippen LogP contribution is -2.05. The van der Waals surface area contributed by atoms with E-state index in [-0.39, 0.29) is 5.56 Å². The Hall–Kier alpha value is -1.78. The molecule has 0 bridgehead atoms. The van der Waals surface area contributed by atoms with Gasteiger partial charge in [0.1, 0.15) is 11.4 Å². The van der Waals surface area contributed by atoms with Crippen LogP contribution >= 0.6 is 0 Å². The molecule has 0 radical (unpaired) electrons. The molecular weight excluding hydrogens is 170 g/mol. The molecule has 0 unspecified atom stereocenters. The molecule has 0 amide bonds. The fourth-order valence-electron chi connectivity index (χ4n) is 0.969. The van der Waals surface area contributed by atoms with Gasteiger partial charge in [-0.3, -0.25) is 0 Å². The van der Waals surface area contributed by atoms with E-state index in [0.717, 1.165) is 0 Å². The van der Waals surface area contributed by atoms with E-state index in [0.29, 0.717) is 11.5 Å². The van der Waals surface area contributed by atoms with E-state index < -0.39 is 5.97 Å². The van der Waals surface area contributed by atoms with Gasteiger partial charge in [0.05, 0.1) is 5.69 Å². The van der Waals surface area contributed by atoms with E-state index in [1.165, 1.54) is 6.20 Å². The van der Waals surface area contributed by atoms with Crippen molar-refractivity contribution >= 4 is 17.5 Å². The first kappa shape index (κ1) is 9.31. The van der Waals surface area contributed by atoms with Gasteiger partial charge in [-0.1, -0.05) is 0 Å². The minimum Gasteiger partial charge on any atom is -0.478 e. The number of aromatic carboxylic acids is 1. The first-order valence-corrected chi connectivity index (χ1v) is 3.78. The SMILES string of the molecule is CNc1cc(NC)c(C(=O)O)cn1. The normalized spacial score (nSPS) is 9.38. The predicted molar refractivity (Wildman–Crippen MR) is 50.3 cm³/mol. The van der Waals surface area contributed by atoms with Gasteiger partial charge in [0.25, 0.3) is 0 Å². The number of anilines is 2. The zero-order chi connectivity index (χ0) is 9.84. The van der Waals surface area contributed by atoms with Crippen LogP contribution in [0.25, 0.3) is 0 Å². The molecule has 0 atom stereocenters. The molecule has 0 aliphatic rings. The average molecular weight is 181 g/mol. The molecule has 0 spiro atoms. The molecule has 1 rings (SSSR count). The minimum atomic E-state index is -0.987. The van der Waals surface area contributed by atoms with Crippen LogP contribution in [0.4, 0.5) is 11.5 Å². The van der Waals surface area contributed by atoms with Crippen LogP contribution in [-0.4, -0.2) is 30.2 Å². The third-order valence-electron chi connectivity index (χ3n) is 1.66. The van der Waals surface area contributed by atoms with E-state index in [1.807, 2.05) is 0 Å². The maximum atomic E-state index is 10.7. The summed E-state index contributed by atoms with van der Waals surface area (Å²) in [7, 11) is 3.39. The summed E-state index contributed by atoms with van der Waals surface area (Å²) >= 11 is 0. The van der Waals surface area contributed by atoms with Gasteiger partial charge >= 0.3 is 5.97 Å². The summed E-state index contributed by atoms with van der Waals surface area (Å²) in [5.41, 5.74) is 0.716. The smallest absolute Gasteiger partial charge is 0.339 e. The summed E-state index contributed by atoms with van der Waals surface area (Å²) in [5.74, 6) is -0.353. The topological polar surface area (TPSA) is 74.2 Å². The number of nitrogens with zero attached hydrogens (tertiary/aromatic N) is 1. The van der Waals surface area contributed by atoms with Crippen molar-refractivity contribution in [2.45, 2.75) is 0 Å². The van der Waals surface area contributed by atoms with Crippen molar-refractivity contribution in [1.29, 1.82) is 0 Å². The summed E-state index contributed by atoms with van der Waals surface area (Å²) in [6.07, 6.45) is 1.32. The molecule has 0 aromatic carbocycles. The Labute approximate surface area is 75.8 Å². The lowest BCUT2D eigenvalue weighted by Gasteiger charge is -2.06. The molecule has 0 saturated carbocycles. The predicted octanol–water partition coefficient (Wildman–Crippen LogP) is 0.863. The van der Waals surface area contributed by atoms with Gasteiger partial charge in [0, 0.05) is 26.4 Å². The van der Waals surface area contributed by atoms with E-state index in [2.05, 4.69) is 15.6 Å². The first-order valence-electron chi connectivity index (χ1n) is 3.78. The highest BCUT2D eigenvalue weighted by atomic mass is 16.4. The molecule has 0 saturated heterocycles. The number of nitrogens with one attached hydrogen (secondary N) is 2. The summed E-state index contributed by atoms with van der Waals surface area (Å²) in [4.78, 5) is 14.6. The number of aromatic nitrogens is 1. The molecule has 70 valence electrons. The largest absolute Gasteiger partial charge is 0.478 e. The molecule has 1 aromatic heterocycles. The van der Waals surface area contributed by atoms with E-state index in [4.69, 9.17) is 5.11 Å². The summed E-state index contributed by atoms with van der Waals surface area (Å²) < 4.78 is 0. The fraction of sp³-hybridized carbons (Fsp3) is 0.250. The highest BCUT2D eigenvalue weighted by Gasteiger charge is 2.09. The molecule has 13 heavy (non-hydrogen) atoms. The van der Waals surface area contributed by atoms with Gasteiger partial charge in [-0.05, 0) is 0 Å². The van der Waals surface area contributed by atoms with E-state index >= 15 is 0 Å². The monoisotopic (exact) mass is 181 g/mol. The maximum Gasteiger partial charge on any atom is 0.339 e. The standard InChI is InChI=1S/C8H11N3O2/c1-9-6-3-7(10-2)11-4-5(6)8(12)13/h3-4H,1-2H3,(H,12,13)(H2,9,10,11). The molecule has 0 aliphatic carbocycles. The Morgan fingerprint density at radius 1 is 1.46 bits per heavy atom. The van der Waals surface area contributed by atoms with Gasteiger partial charge in [-0.15, -0.1) is 0 Å². The lowest BCUT2D eigenvalue weighted by molar-refractivity contribution is 0.0697. The van der Waals surface area contributed by atoms with Gasteiger partial charge in [-0.25, -0.2) is 9.78 Å². The van der Waals surface area contributed by atoms with Crippen molar-refractivity contribution in [3.05, 3.63) is 17.8 Å². The average Bonchev–Trinajstić information content (AvgIpc) is 2.16. The van der Waals surface area contributed by atoms with Crippen molar-refractivity contribution in [1.82, 2.24) is 4.98 Å². The second-order valence-corrected chi connectivity index (χ2v) is 2.42. The third-order valence-corrected chi connectivity index (χ3v) is 1.66. The van der Waals surface area contributed by atoms with Gasteiger partial charge in [0.15, 0.2) is 0 Å². The molecule has 5 nitrogen and oxygen atoms in total. The minimum absolute atomic E-state index is 0.168. The zero-order valence-corrected chi connectivity index (χ0v) is 7.46. The van der Waals surface area contributed by atoms with E-state index in [1.54, 1.807) is 20.2 Å². The summed E-state index contributed by atoms with van der Waals surface area (Å²) in [6.45, 7) is 0. The van der Waals surface area contributed by atoms with Crippen molar-refractivity contribution < 1.29 is 9.90 Å². The molecule has 5 heteroatoms. The number of rotatable bonds is 3. The zero-order valence-electron chi connectivity index (χ0n) is 7.46. The van der Waals surface area contributed by atoms with Crippen molar-refractivity contribution in [2.75, 3.05) is 24.7 Å². The third kappa shape index (κ3) is 1.87. The van der Waals surface area contributed by atoms with Crippen LogP contribution in [0.2, 0.25) is 0 Å². The second kappa shape index (κ2) is 3.75. The first-order chi connectivity index (χ1) is 6.19. The number of hydrogen-bond donors (Lipinski definition) is 3. The van der Waals surface area contributed by atoms with Gasteiger partial charge in [-0.2, -0.15) is 0 Å². The van der Waals surface area contributed by atoms with Crippen LogP contribution in [0.3, 0.4) is 0 Å². The van der Waals surface area contributed by atoms with Gasteiger partial charge in [0.2, 0.25) is 0 Å². The Morgan fingerprint density at radius 3 is 2.62 bits per heavy atom. The van der Waals surface area contributed by atoms with E-state index in [9.17, 15) is 4.79 Å². The second-order valence-electron chi connectivity index (χ2n) is 2.42. The molecular formula is C8H11N3O2. The Kier molecular flexibility index (Phi) is 2.69. The molecule has 0 fully saturated rings. The van der Waals surface area contributed by atoms with Crippen molar-refractivity contribution in [3.63, 3.8) is 0 Å². The van der Waals surface area contributed by atoms with Crippen LogP contribution in [0.15, 0.2) is 12.3 Å². The lowest BCUT2D eigenvalue weighted by atomic mass is 10.2. The van der Waals surface area contributed by atoms with Crippen LogP contribution in [0, 0.1) is 0 Å². The van der Waals surface area contributed by atoms with Crippen LogP contribution in [-0.2, 0) is 0 Å². The van der Waals surface area contributed by atoms with Crippen LogP contribution < -0.4 is 10.6 Å². The Bertz CT molecular complexity index is 325. The number of carbonyl (C=O) groups is 1. The van der Waals surface area contributed by atoms with Crippen LogP contribution in [0.1, 0.15) is 10.4 Å². The molecule has 3 N–H and O–H groups in total. The van der Waals surface area contributed by atoms with Crippen molar-refractivity contribution in [2.24, 2.45) is 0 Å². The highest BCUT2D eigenvalue weighted by molar-refractivity contribution is 5.94.